The van der Waals surface area contributed by atoms with Crippen molar-refractivity contribution in [2.45, 2.75) is 32.7 Å². The lowest BCUT2D eigenvalue weighted by atomic mass is 10.1. The van der Waals surface area contributed by atoms with Gasteiger partial charge in [-0.05, 0) is 32.4 Å². The number of hydrogen-bond donors (Lipinski definition) is 2. The van der Waals surface area contributed by atoms with Crippen molar-refractivity contribution in [2.75, 3.05) is 46.0 Å². The van der Waals surface area contributed by atoms with Crippen LogP contribution in [0.2, 0.25) is 0 Å². The summed E-state index contributed by atoms with van der Waals surface area (Å²) in [5, 5.41) is 17.4. The molecule has 1 atom stereocenters. The Hall–Kier alpha value is -4.66. The molecule has 0 spiro atoms. The summed E-state index contributed by atoms with van der Waals surface area (Å²) in [6.07, 6.45) is -1.38. The molecule has 41 heavy (non-hydrogen) atoms. The fraction of sp³-hybridized carbons (Fsp3) is 0.462. The maximum Gasteiger partial charge on any atom is 0.527 e. The zero-order valence-electron chi connectivity index (χ0n) is 22.8. The van der Waals surface area contributed by atoms with E-state index in [1.165, 1.54) is 20.7 Å². The Morgan fingerprint density at radius 2 is 1.68 bits per heavy atom. The second-order valence-corrected chi connectivity index (χ2v) is 8.70. The number of ether oxygens (including phenoxy) is 3. The Balaban J connectivity index is 1.73. The van der Waals surface area contributed by atoms with Gasteiger partial charge >= 0.3 is 18.1 Å². The molecule has 2 amide bonds. The van der Waals surface area contributed by atoms with Crippen molar-refractivity contribution in [2.24, 2.45) is 0 Å². The van der Waals surface area contributed by atoms with Crippen LogP contribution in [-0.2, 0) is 28.7 Å². The van der Waals surface area contributed by atoms with Crippen LogP contribution in [0.1, 0.15) is 37.2 Å². The van der Waals surface area contributed by atoms with Crippen molar-refractivity contribution in [3.05, 3.63) is 42.1 Å². The summed E-state index contributed by atoms with van der Waals surface area (Å²) in [6.45, 7) is 3.97. The number of para-hydroxylation sites is 1. The molecule has 15 heteroatoms. The number of aliphatic carboxylic acids is 1. The molecule has 2 heterocycles. The lowest BCUT2D eigenvalue weighted by Crippen LogP contribution is -2.55. The van der Waals surface area contributed by atoms with E-state index >= 15 is 0 Å². The number of carboxylic acids is 1. The number of benzene rings is 1. The number of nitrogens with zero attached hydrogens (tertiary/aromatic N) is 4. The predicted octanol–water partition coefficient (Wildman–Crippen LogP) is 1.01. The van der Waals surface area contributed by atoms with Gasteiger partial charge in [0.1, 0.15) is 6.04 Å². The van der Waals surface area contributed by atoms with Crippen LogP contribution in [0.5, 0.6) is 5.88 Å². The van der Waals surface area contributed by atoms with Crippen LogP contribution in [-0.4, -0.2) is 107 Å². The topological polar surface area (TPSA) is 179 Å². The molecule has 0 radical (unpaired) electrons. The van der Waals surface area contributed by atoms with Crippen LogP contribution in [0.3, 0.4) is 0 Å². The van der Waals surface area contributed by atoms with Crippen molar-refractivity contribution in [1.29, 1.82) is 0 Å². The number of aromatic nitrogens is 2. The van der Waals surface area contributed by atoms with Crippen molar-refractivity contribution in [3.8, 4) is 11.6 Å². The van der Waals surface area contributed by atoms with Gasteiger partial charge in [-0.1, -0.05) is 18.2 Å². The van der Waals surface area contributed by atoms with E-state index in [1.807, 2.05) is 0 Å². The smallest absolute Gasteiger partial charge is 0.481 e. The molecule has 1 saturated heterocycles. The third-order valence-electron chi connectivity index (χ3n) is 5.82. The number of carboxylic acid groups (broad SMARTS) is 1. The van der Waals surface area contributed by atoms with E-state index in [9.17, 15) is 29.1 Å². The van der Waals surface area contributed by atoms with Gasteiger partial charge in [0.25, 0.3) is 5.91 Å². The average Bonchev–Trinajstić information content (AvgIpc) is 3.39. The highest BCUT2D eigenvalue weighted by molar-refractivity contribution is 5.96. The van der Waals surface area contributed by atoms with Crippen LogP contribution in [0, 0.1) is 0 Å². The van der Waals surface area contributed by atoms with Crippen molar-refractivity contribution in [3.63, 3.8) is 0 Å². The molecule has 1 aliphatic rings. The normalized spacial score (nSPS) is 14.0. The molecular weight excluding hydrogens is 542 g/mol. The van der Waals surface area contributed by atoms with E-state index in [2.05, 4.69) is 10.4 Å². The van der Waals surface area contributed by atoms with E-state index in [1.54, 1.807) is 44.2 Å². The van der Waals surface area contributed by atoms with Crippen molar-refractivity contribution < 1.29 is 48.1 Å². The molecule has 1 fully saturated rings. The highest BCUT2D eigenvalue weighted by Crippen LogP contribution is 2.20. The SMILES string of the molecule is CCOC(=O)COc1cc(C(=O)N[C@@H](CCC(=O)O)C(=O)N2CCN(OC(=O)OCC)CC2)nn1-c1ccccc1. The zero-order chi connectivity index (χ0) is 29.8. The summed E-state index contributed by atoms with van der Waals surface area (Å²) in [6, 6.07) is 8.88. The minimum absolute atomic E-state index is 0.0838. The van der Waals surface area contributed by atoms with E-state index in [-0.39, 0.29) is 63.8 Å². The fourth-order valence-corrected chi connectivity index (χ4v) is 3.89. The predicted molar refractivity (Wildman–Crippen MR) is 140 cm³/mol. The maximum absolute atomic E-state index is 13.3. The summed E-state index contributed by atoms with van der Waals surface area (Å²) >= 11 is 0. The largest absolute Gasteiger partial charge is 0.527 e. The summed E-state index contributed by atoms with van der Waals surface area (Å²) in [5.74, 6) is -2.88. The number of rotatable bonds is 13. The number of hydrogen-bond acceptors (Lipinski definition) is 11. The van der Waals surface area contributed by atoms with Crippen LogP contribution in [0.4, 0.5) is 4.79 Å². The molecule has 1 aromatic carbocycles. The Bertz CT molecular complexity index is 1210. The van der Waals surface area contributed by atoms with E-state index in [0.29, 0.717) is 5.69 Å². The highest BCUT2D eigenvalue weighted by Gasteiger charge is 2.31. The van der Waals surface area contributed by atoms with Crippen LogP contribution < -0.4 is 10.1 Å². The van der Waals surface area contributed by atoms with Crippen LogP contribution in [0.15, 0.2) is 36.4 Å². The number of piperazine rings is 1. The highest BCUT2D eigenvalue weighted by atomic mass is 16.8. The molecule has 2 N–H and O–H groups in total. The Morgan fingerprint density at radius 1 is 1.00 bits per heavy atom. The van der Waals surface area contributed by atoms with Crippen LogP contribution >= 0.6 is 0 Å². The molecule has 0 unspecified atom stereocenters. The van der Waals surface area contributed by atoms with Gasteiger partial charge < -0.3 is 34.4 Å². The number of nitrogens with one attached hydrogen (secondary N) is 1. The van der Waals surface area contributed by atoms with E-state index < -0.39 is 42.6 Å². The quantitative estimate of drug-likeness (QED) is 0.324. The fourth-order valence-electron chi connectivity index (χ4n) is 3.89. The molecule has 0 aliphatic carbocycles. The second kappa shape index (κ2) is 15.2. The van der Waals surface area contributed by atoms with Gasteiger partial charge in [0.15, 0.2) is 12.3 Å². The Kier molecular flexibility index (Phi) is 11.5. The molecular formula is C26H33N5O10. The van der Waals surface area contributed by atoms with Gasteiger partial charge in [0.2, 0.25) is 11.8 Å². The number of carbonyl (C=O) groups excluding carboxylic acids is 4. The summed E-state index contributed by atoms with van der Waals surface area (Å²) in [4.78, 5) is 67.7. The molecule has 2 aromatic rings. The monoisotopic (exact) mass is 575 g/mol. The van der Waals surface area contributed by atoms with Crippen LogP contribution in [0.25, 0.3) is 5.69 Å². The number of hydroxylamine groups is 2. The molecule has 222 valence electrons. The van der Waals surface area contributed by atoms with E-state index in [0.717, 1.165) is 0 Å². The van der Waals surface area contributed by atoms with Gasteiger partial charge in [0.05, 0.1) is 32.0 Å². The lowest BCUT2D eigenvalue weighted by molar-refractivity contribution is -0.157. The Morgan fingerprint density at radius 3 is 2.32 bits per heavy atom. The van der Waals surface area contributed by atoms with Crippen molar-refractivity contribution in [1.82, 2.24) is 25.1 Å². The molecule has 3 rings (SSSR count). The first kappa shape index (κ1) is 30.9. The summed E-state index contributed by atoms with van der Waals surface area (Å²) < 4.78 is 16.5. The lowest BCUT2D eigenvalue weighted by Gasteiger charge is -2.35. The number of amides is 2. The molecule has 1 aromatic heterocycles. The third-order valence-corrected chi connectivity index (χ3v) is 5.82. The maximum atomic E-state index is 13.3. The van der Waals surface area contributed by atoms with Gasteiger partial charge in [-0.2, -0.15) is 5.10 Å². The van der Waals surface area contributed by atoms with Crippen molar-refractivity contribution >= 4 is 29.9 Å². The standard InChI is InChI=1S/C26H33N5O10/c1-3-38-23(34)17-40-21-16-20(28-31(21)18-8-6-5-7-9-18)24(35)27-19(10-11-22(32)33)25(36)29-12-14-30(15-13-29)41-26(37)39-4-2/h5-9,16,19H,3-4,10-15,17H2,1-2H3,(H,27,35)(H,32,33)/t19-/m0/s1. The first-order valence-electron chi connectivity index (χ1n) is 13.1. The third kappa shape index (κ3) is 9.20. The average molecular weight is 576 g/mol. The number of carbonyl (C=O) groups is 5. The molecule has 0 bridgehead atoms. The summed E-state index contributed by atoms with van der Waals surface area (Å²) in [5.41, 5.74) is 0.431. The van der Waals surface area contributed by atoms with E-state index in [4.69, 9.17) is 19.0 Å². The molecule has 15 nitrogen and oxygen atoms in total. The minimum Gasteiger partial charge on any atom is -0.481 e. The minimum atomic E-state index is -1.16. The zero-order valence-corrected chi connectivity index (χ0v) is 22.8. The molecule has 0 saturated carbocycles. The van der Waals surface area contributed by atoms with Gasteiger partial charge in [-0.25, -0.2) is 14.3 Å². The number of esters is 1. The summed E-state index contributed by atoms with van der Waals surface area (Å²) in [7, 11) is 0. The van der Waals surface area contributed by atoms with Gasteiger partial charge in [-0.15, -0.1) is 5.06 Å². The first-order chi connectivity index (χ1) is 19.7. The second-order valence-electron chi connectivity index (χ2n) is 8.70. The van der Waals surface area contributed by atoms with Gasteiger partial charge in [0, 0.05) is 25.6 Å². The molecule has 1 aliphatic heterocycles. The Labute approximate surface area is 235 Å². The first-order valence-corrected chi connectivity index (χ1v) is 13.1. The van der Waals surface area contributed by atoms with Gasteiger partial charge in [-0.3, -0.25) is 14.4 Å².